The molecule has 6 nitrogen and oxygen atoms in total. The summed E-state index contributed by atoms with van der Waals surface area (Å²) in [6, 6.07) is 21.7. The van der Waals surface area contributed by atoms with Crippen LogP contribution in [-0.4, -0.2) is 40.9 Å². The van der Waals surface area contributed by atoms with Gasteiger partial charge in [-0.05, 0) is 67.3 Å². The molecule has 1 aromatic heterocycles. The highest BCUT2D eigenvalue weighted by atomic mass is 16.5. The molecule has 2 aliphatic rings. The fourth-order valence-electron chi connectivity index (χ4n) is 5.18. The van der Waals surface area contributed by atoms with E-state index in [-0.39, 0.29) is 17.9 Å². The van der Waals surface area contributed by atoms with Gasteiger partial charge in [-0.15, -0.1) is 0 Å². The normalized spacial score (nSPS) is 15.9. The molecule has 1 aliphatic carbocycles. The molecule has 6 heteroatoms. The van der Waals surface area contributed by atoms with Crippen molar-refractivity contribution < 1.29 is 14.3 Å². The molecular formula is C30H33N3O3. The van der Waals surface area contributed by atoms with E-state index in [2.05, 4.69) is 4.98 Å². The predicted octanol–water partition coefficient (Wildman–Crippen LogP) is 5.41. The Morgan fingerprint density at radius 2 is 1.83 bits per heavy atom. The molecule has 1 saturated heterocycles. The summed E-state index contributed by atoms with van der Waals surface area (Å²) in [5.74, 6) is 0.983. The summed E-state index contributed by atoms with van der Waals surface area (Å²) in [6.07, 6.45) is 8.37. The maximum Gasteiger partial charge on any atom is 0.254 e. The number of carbonyl (C=O) groups is 2. The van der Waals surface area contributed by atoms with Crippen LogP contribution in [0.2, 0.25) is 0 Å². The van der Waals surface area contributed by atoms with Crippen LogP contribution in [-0.2, 0) is 17.8 Å². The first kappa shape index (κ1) is 24.0. The van der Waals surface area contributed by atoms with E-state index in [1.165, 1.54) is 0 Å². The van der Waals surface area contributed by atoms with Gasteiger partial charge in [0, 0.05) is 55.1 Å². The number of hydrogen-bond acceptors (Lipinski definition) is 4. The van der Waals surface area contributed by atoms with Crippen molar-refractivity contribution in [3.8, 4) is 5.75 Å². The van der Waals surface area contributed by atoms with E-state index in [0.29, 0.717) is 25.1 Å². The molecule has 0 atom stereocenters. The molecule has 2 heterocycles. The summed E-state index contributed by atoms with van der Waals surface area (Å²) < 4.78 is 5.90. The van der Waals surface area contributed by atoms with E-state index < -0.39 is 0 Å². The van der Waals surface area contributed by atoms with Gasteiger partial charge >= 0.3 is 0 Å². The third-order valence-corrected chi connectivity index (χ3v) is 7.13. The number of aromatic nitrogens is 1. The number of benzene rings is 2. The van der Waals surface area contributed by atoms with Gasteiger partial charge in [0.05, 0.1) is 6.61 Å². The quantitative estimate of drug-likeness (QED) is 0.408. The molecule has 3 aromatic rings. The average Bonchev–Trinajstić information content (AvgIpc) is 3.61. The average molecular weight is 484 g/mol. The smallest absolute Gasteiger partial charge is 0.254 e. The van der Waals surface area contributed by atoms with Crippen LogP contribution >= 0.6 is 0 Å². The summed E-state index contributed by atoms with van der Waals surface area (Å²) >= 11 is 0. The predicted molar refractivity (Wildman–Crippen MR) is 140 cm³/mol. The second kappa shape index (κ2) is 11.4. The van der Waals surface area contributed by atoms with Crippen molar-refractivity contribution in [2.45, 2.75) is 57.5 Å². The number of amides is 2. The first-order valence-corrected chi connectivity index (χ1v) is 13.0. The Bertz CT molecular complexity index is 1170. The second-order valence-corrected chi connectivity index (χ2v) is 9.63. The highest BCUT2D eigenvalue weighted by molar-refractivity contribution is 5.99. The topological polar surface area (TPSA) is 62.7 Å². The molecule has 0 N–H and O–H groups in total. The summed E-state index contributed by atoms with van der Waals surface area (Å²) in [7, 11) is 0. The Balaban J connectivity index is 1.26. The summed E-state index contributed by atoms with van der Waals surface area (Å²) in [5, 5.41) is 0. The molecule has 186 valence electrons. The Labute approximate surface area is 212 Å². The highest BCUT2D eigenvalue weighted by Gasteiger charge is 2.29. The van der Waals surface area contributed by atoms with Gasteiger partial charge in [0.2, 0.25) is 5.91 Å². The van der Waals surface area contributed by atoms with Gasteiger partial charge < -0.3 is 14.5 Å². The van der Waals surface area contributed by atoms with Crippen LogP contribution < -0.4 is 9.64 Å². The van der Waals surface area contributed by atoms with Crippen LogP contribution in [0, 0.1) is 0 Å². The Kier molecular flexibility index (Phi) is 7.60. The zero-order chi connectivity index (χ0) is 24.7. The summed E-state index contributed by atoms with van der Waals surface area (Å²) in [4.78, 5) is 34.1. The molecule has 2 aromatic carbocycles. The minimum Gasteiger partial charge on any atom is -0.493 e. The molecule has 36 heavy (non-hydrogen) atoms. The Hall–Kier alpha value is -3.67. The van der Waals surface area contributed by atoms with Gasteiger partial charge in [-0.25, -0.2) is 0 Å². The third kappa shape index (κ3) is 5.76. The van der Waals surface area contributed by atoms with Crippen molar-refractivity contribution in [1.29, 1.82) is 0 Å². The first-order valence-electron chi connectivity index (χ1n) is 13.0. The lowest BCUT2D eigenvalue weighted by Crippen LogP contribution is -2.38. The molecule has 0 unspecified atom stereocenters. The van der Waals surface area contributed by atoms with E-state index in [1.54, 1.807) is 11.1 Å². The molecular weight excluding hydrogens is 450 g/mol. The van der Waals surface area contributed by atoms with Gasteiger partial charge in [-0.3, -0.25) is 14.6 Å². The number of pyridine rings is 1. The summed E-state index contributed by atoms with van der Waals surface area (Å²) in [5.41, 5.74) is 3.56. The molecule has 0 spiro atoms. The first-order chi connectivity index (χ1) is 17.7. The second-order valence-electron chi connectivity index (χ2n) is 9.63. The number of anilines is 1. The van der Waals surface area contributed by atoms with E-state index in [4.69, 9.17) is 4.74 Å². The lowest BCUT2D eigenvalue weighted by Gasteiger charge is -2.30. The van der Waals surface area contributed by atoms with Crippen LogP contribution in [0.3, 0.4) is 0 Å². The van der Waals surface area contributed by atoms with Crippen molar-refractivity contribution in [2.75, 3.05) is 18.1 Å². The van der Waals surface area contributed by atoms with E-state index in [0.717, 1.165) is 67.8 Å². The number of ether oxygens (including phenoxy) is 1. The van der Waals surface area contributed by atoms with E-state index in [9.17, 15) is 9.59 Å². The van der Waals surface area contributed by atoms with Crippen LogP contribution in [0.1, 0.15) is 60.1 Å². The van der Waals surface area contributed by atoms with Crippen LogP contribution in [0.5, 0.6) is 5.75 Å². The number of hydrogen-bond donors (Lipinski definition) is 0. The van der Waals surface area contributed by atoms with Gasteiger partial charge in [0.15, 0.2) is 0 Å². The number of rotatable bonds is 9. The van der Waals surface area contributed by atoms with E-state index >= 15 is 0 Å². The van der Waals surface area contributed by atoms with Crippen molar-refractivity contribution in [1.82, 2.24) is 9.88 Å². The third-order valence-electron chi connectivity index (χ3n) is 7.13. The van der Waals surface area contributed by atoms with Crippen LogP contribution in [0.15, 0.2) is 72.9 Å². The maximum absolute atomic E-state index is 13.7. The van der Waals surface area contributed by atoms with Crippen LogP contribution in [0.4, 0.5) is 5.69 Å². The van der Waals surface area contributed by atoms with Gasteiger partial charge in [0.1, 0.15) is 5.75 Å². The van der Waals surface area contributed by atoms with Gasteiger partial charge in [0.25, 0.3) is 5.91 Å². The monoisotopic (exact) mass is 483 g/mol. The fraction of sp³-hybridized carbons (Fsp3) is 0.367. The molecule has 2 amide bonds. The zero-order valence-electron chi connectivity index (χ0n) is 20.6. The molecule has 5 rings (SSSR count). The molecule has 2 fully saturated rings. The maximum atomic E-state index is 13.7. The molecule has 1 aliphatic heterocycles. The largest absolute Gasteiger partial charge is 0.493 e. The van der Waals surface area contributed by atoms with Crippen molar-refractivity contribution in [2.24, 2.45) is 0 Å². The lowest BCUT2D eigenvalue weighted by molar-refractivity contribution is -0.117. The Morgan fingerprint density at radius 3 is 2.56 bits per heavy atom. The summed E-state index contributed by atoms with van der Waals surface area (Å²) in [6.45, 7) is 1.85. The number of carbonyl (C=O) groups excluding carboxylic acids is 2. The van der Waals surface area contributed by atoms with Crippen molar-refractivity contribution in [3.63, 3.8) is 0 Å². The number of nitrogens with zero attached hydrogens (tertiary/aromatic N) is 3. The zero-order valence-corrected chi connectivity index (χ0v) is 20.6. The molecule has 0 radical (unpaired) electrons. The van der Waals surface area contributed by atoms with Gasteiger partial charge in [-0.1, -0.05) is 37.1 Å². The van der Waals surface area contributed by atoms with Crippen molar-refractivity contribution >= 4 is 17.5 Å². The van der Waals surface area contributed by atoms with E-state index in [1.807, 2.05) is 71.6 Å². The van der Waals surface area contributed by atoms with Crippen molar-refractivity contribution in [3.05, 3.63) is 89.7 Å². The standard InChI is InChI=1S/C30H33N3O3/c34-29-12-6-19-32(29)27-11-5-7-24(21-27)30(35)33(26-9-1-2-10-26)22-23-13-15-28(16-14-23)36-20-17-25-8-3-4-18-31-25/h3-5,7-8,11,13-16,18,21,26H,1-2,6,9-10,12,17,19-20,22H2. The minimum absolute atomic E-state index is 0.0334. The SMILES string of the molecule is O=C1CCCN1c1cccc(C(=O)N(Cc2ccc(OCCc3ccccn3)cc2)C2CCCC2)c1. The molecule has 1 saturated carbocycles. The van der Waals surface area contributed by atoms with Gasteiger partial charge in [-0.2, -0.15) is 0 Å². The minimum atomic E-state index is 0.0334. The Morgan fingerprint density at radius 1 is 1.00 bits per heavy atom. The molecule has 0 bridgehead atoms. The van der Waals surface area contributed by atoms with Crippen LogP contribution in [0.25, 0.3) is 0 Å². The highest BCUT2D eigenvalue weighted by Crippen LogP contribution is 2.29. The lowest BCUT2D eigenvalue weighted by atomic mass is 10.1. The fourth-order valence-corrected chi connectivity index (χ4v) is 5.18.